The Labute approximate surface area is 204 Å². The van der Waals surface area contributed by atoms with Gasteiger partial charge < -0.3 is 5.32 Å². The molecule has 2 N–H and O–H groups in total. The van der Waals surface area contributed by atoms with E-state index in [1.165, 1.54) is 11.8 Å². The lowest BCUT2D eigenvalue weighted by Crippen LogP contribution is -2.49. The predicted octanol–water partition coefficient (Wildman–Crippen LogP) is 3.41. The van der Waals surface area contributed by atoms with Crippen LogP contribution in [0.3, 0.4) is 0 Å². The van der Waals surface area contributed by atoms with Gasteiger partial charge >= 0.3 is 6.03 Å². The van der Waals surface area contributed by atoms with E-state index in [0.717, 1.165) is 34.1 Å². The van der Waals surface area contributed by atoms with Gasteiger partial charge in [-0.25, -0.2) is 4.79 Å². The molecule has 1 aliphatic carbocycles. The molecule has 2 aliphatic rings. The van der Waals surface area contributed by atoms with Crippen molar-refractivity contribution in [2.24, 2.45) is 0 Å². The third-order valence-corrected chi connectivity index (χ3v) is 7.71. The zero-order valence-electron chi connectivity index (χ0n) is 18.6. The molecule has 34 heavy (non-hydrogen) atoms. The molecular formula is C23H24N6O3S2. The highest BCUT2D eigenvalue weighted by Crippen LogP contribution is 2.41. The summed E-state index contributed by atoms with van der Waals surface area (Å²) in [6.07, 6.45) is 3.17. The van der Waals surface area contributed by atoms with Gasteiger partial charge in [0.2, 0.25) is 5.91 Å². The average Bonchev–Trinajstić information content (AvgIpc) is 3.27. The number of nitrogens with one attached hydrogen (secondary N) is 2. The summed E-state index contributed by atoms with van der Waals surface area (Å²) in [4.78, 5) is 39.1. The van der Waals surface area contributed by atoms with Gasteiger partial charge in [-0.15, -0.1) is 21.5 Å². The lowest BCUT2D eigenvalue weighted by atomic mass is 9.93. The van der Waals surface area contributed by atoms with Crippen LogP contribution in [0.15, 0.2) is 53.0 Å². The first kappa shape index (κ1) is 22.6. The number of benzene rings is 1. The van der Waals surface area contributed by atoms with Gasteiger partial charge in [-0.3, -0.25) is 19.6 Å². The third-order valence-electron chi connectivity index (χ3n) is 5.90. The lowest BCUT2D eigenvalue weighted by Gasteiger charge is -2.21. The number of aryl methyl sites for hydroxylation is 1. The molecule has 5 rings (SSSR count). The summed E-state index contributed by atoms with van der Waals surface area (Å²) >= 11 is 2.84. The van der Waals surface area contributed by atoms with Crippen molar-refractivity contribution >= 4 is 40.9 Å². The van der Waals surface area contributed by atoms with Crippen LogP contribution in [0.4, 0.5) is 4.79 Å². The summed E-state index contributed by atoms with van der Waals surface area (Å²) in [6, 6.07) is 13.4. The number of rotatable bonds is 9. The maximum Gasteiger partial charge on any atom is 0.344 e. The van der Waals surface area contributed by atoms with Crippen LogP contribution < -0.4 is 10.7 Å². The number of thiophene rings is 1. The second-order valence-electron chi connectivity index (χ2n) is 8.60. The third kappa shape index (κ3) is 4.58. The van der Waals surface area contributed by atoms with Crippen molar-refractivity contribution in [1.82, 2.24) is 30.5 Å². The Morgan fingerprint density at radius 3 is 2.71 bits per heavy atom. The molecular weight excluding hydrogens is 472 g/mol. The minimum Gasteiger partial charge on any atom is -0.322 e. The fourth-order valence-electron chi connectivity index (χ4n) is 3.89. The van der Waals surface area contributed by atoms with E-state index in [0.29, 0.717) is 24.0 Å². The highest BCUT2D eigenvalue weighted by Gasteiger charge is 2.48. The quantitative estimate of drug-likeness (QED) is 0.347. The van der Waals surface area contributed by atoms with Crippen molar-refractivity contribution < 1.29 is 14.4 Å². The minimum atomic E-state index is -1.07. The van der Waals surface area contributed by atoms with E-state index in [9.17, 15) is 14.4 Å². The summed E-state index contributed by atoms with van der Waals surface area (Å²) < 4.78 is 2.08. The second kappa shape index (κ2) is 9.22. The Morgan fingerprint density at radius 1 is 1.21 bits per heavy atom. The van der Waals surface area contributed by atoms with Gasteiger partial charge in [0.05, 0.1) is 10.6 Å². The first-order chi connectivity index (χ1) is 16.4. The van der Waals surface area contributed by atoms with Gasteiger partial charge in [0.1, 0.15) is 5.54 Å². The molecule has 3 aromatic rings. The molecule has 0 bridgehead atoms. The Kier molecular flexibility index (Phi) is 6.13. The van der Waals surface area contributed by atoms with Gasteiger partial charge in [-0.2, -0.15) is 5.01 Å². The molecule has 1 atom stereocenters. The van der Waals surface area contributed by atoms with Crippen molar-refractivity contribution in [3.05, 3.63) is 53.4 Å². The van der Waals surface area contributed by atoms with Crippen LogP contribution in [-0.4, -0.2) is 48.9 Å². The highest BCUT2D eigenvalue weighted by molar-refractivity contribution is 7.99. The Hall–Kier alpha value is -3.18. The highest BCUT2D eigenvalue weighted by atomic mass is 32.2. The summed E-state index contributed by atoms with van der Waals surface area (Å²) in [5, 5.41) is 14.8. The number of hydrazine groups is 1. The number of carbonyl (C=O) groups excluding carboxylic acids is 3. The monoisotopic (exact) mass is 496 g/mol. The Morgan fingerprint density at radius 2 is 2.00 bits per heavy atom. The molecule has 11 heteroatoms. The first-order valence-corrected chi connectivity index (χ1v) is 12.9. The van der Waals surface area contributed by atoms with E-state index in [1.807, 2.05) is 47.8 Å². The van der Waals surface area contributed by atoms with Gasteiger partial charge in [-0.1, -0.05) is 48.2 Å². The largest absolute Gasteiger partial charge is 0.344 e. The predicted molar refractivity (Wildman–Crippen MR) is 129 cm³/mol. The standard InChI is InChI=1S/C23H24N6O3S2/c1-23(12-11-15-6-3-2-4-7-15)20(31)29(21(32)24-23)27-18(30)14-34-22-26-25-19(17-8-5-13-33-17)28(22)16-9-10-16/h2-8,13,16H,9-12,14H2,1H3,(H,24,32)(H,27,30)/t23-/m1/s1. The number of hydrogen-bond donors (Lipinski definition) is 2. The molecule has 1 aromatic carbocycles. The van der Waals surface area contributed by atoms with Gasteiger partial charge in [-0.05, 0) is 49.6 Å². The molecule has 2 aromatic heterocycles. The maximum atomic E-state index is 13.0. The van der Waals surface area contributed by atoms with Crippen LogP contribution in [0.1, 0.15) is 37.8 Å². The molecule has 9 nitrogen and oxygen atoms in total. The number of nitrogens with zero attached hydrogens (tertiary/aromatic N) is 4. The average molecular weight is 497 g/mol. The Balaban J connectivity index is 1.20. The molecule has 1 saturated heterocycles. The summed E-state index contributed by atoms with van der Waals surface area (Å²) in [5.41, 5.74) is 2.46. The number of aromatic nitrogens is 3. The molecule has 1 saturated carbocycles. The van der Waals surface area contributed by atoms with Crippen LogP contribution in [0.25, 0.3) is 10.7 Å². The smallest absolute Gasteiger partial charge is 0.322 e. The van der Waals surface area contributed by atoms with Crippen LogP contribution >= 0.6 is 23.1 Å². The van der Waals surface area contributed by atoms with Gasteiger partial charge in [0.25, 0.3) is 5.91 Å². The Bertz CT molecular complexity index is 1210. The lowest BCUT2D eigenvalue weighted by molar-refractivity contribution is -0.138. The normalized spacial score (nSPS) is 20.0. The van der Waals surface area contributed by atoms with Crippen LogP contribution in [0.2, 0.25) is 0 Å². The second-order valence-corrected chi connectivity index (χ2v) is 10.5. The van der Waals surface area contributed by atoms with Crippen molar-refractivity contribution in [3.63, 3.8) is 0 Å². The summed E-state index contributed by atoms with van der Waals surface area (Å²) in [7, 11) is 0. The van der Waals surface area contributed by atoms with E-state index >= 15 is 0 Å². The number of hydrogen-bond acceptors (Lipinski definition) is 7. The van der Waals surface area contributed by atoms with Crippen LogP contribution in [-0.2, 0) is 16.0 Å². The summed E-state index contributed by atoms with van der Waals surface area (Å²) in [6.45, 7) is 1.68. The van der Waals surface area contributed by atoms with E-state index in [1.54, 1.807) is 18.3 Å². The molecule has 1 aliphatic heterocycles. The number of urea groups is 1. The van der Waals surface area contributed by atoms with E-state index in [2.05, 4.69) is 25.5 Å². The van der Waals surface area contributed by atoms with Crippen molar-refractivity contribution in [2.75, 3.05) is 5.75 Å². The molecule has 0 spiro atoms. The molecule has 2 fully saturated rings. The molecule has 4 amide bonds. The van der Waals surface area contributed by atoms with Gasteiger partial charge in [0.15, 0.2) is 11.0 Å². The maximum absolute atomic E-state index is 13.0. The number of imide groups is 1. The van der Waals surface area contributed by atoms with Crippen LogP contribution in [0, 0.1) is 0 Å². The topological polar surface area (TPSA) is 109 Å². The van der Waals surface area contributed by atoms with Crippen molar-refractivity contribution in [2.45, 2.75) is 49.3 Å². The zero-order valence-corrected chi connectivity index (χ0v) is 20.2. The minimum absolute atomic E-state index is 0.00703. The number of thioether (sulfide) groups is 1. The molecule has 3 heterocycles. The van der Waals surface area contributed by atoms with Gasteiger partial charge in [0, 0.05) is 6.04 Å². The van der Waals surface area contributed by atoms with E-state index in [4.69, 9.17) is 0 Å². The summed E-state index contributed by atoms with van der Waals surface area (Å²) in [5.74, 6) is -0.104. The molecule has 0 radical (unpaired) electrons. The zero-order chi connectivity index (χ0) is 23.7. The fraction of sp³-hybridized carbons (Fsp3) is 0.348. The fourth-order valence-corrected chi connectivity index (χ4v) is 5.40. The first-order valence-electron chi connectivity index (χ1n) is 11.1. The SMILES string of the molecule is C[C@]1(CCc2ccccc2)NC(=O)N(NC(=O)CSc2nnc(-c3cccs3)n2C2CC2)C1=O. The van der Waals surface area contributed by atoms with Crippen molar-refractivity contribution in [3.8, 4) is 10.7 Å². The number of amides is 4. The van der Waals surface area contributed by atoms with E-state index < -0.39 is 23.4 Å². The molecule has 176 valence electrons. The van der Waals surface area contributed by atoms with E-state index in [-0.39, 0.29) is 5.75 Å². The molecule has 0 unspecified atom stereocenters. The van der Waals surface area contributed by atoms with Crippen LogP contribution in [0.5, 0.6) is 0 Å². The van der Waals surface area contributed by atoms with Crippen molar-refractivity contribution in [1.29, 1.82) is 0 Å². The number of carbonyl (C=O) groups is 3.